The van der Waals surface area contributed by atoms with Crippen molar-refractivity contribution in [3.8, 4) is 0 Å². The molecule has 1 spiro atoms. The van der Waals surface area contributed by atoms with E-state index in [0.717, 1.165) is 19.3 Å². The van der Waals surface area contributed by atoms with E-state index >= 15 is 0 Å². The third kappa shape index (κ3) is 3.97. The Morgan fingerprint density at radius 1 is 1.41 bits per heavy atom. The first-order valence-electron chi connectivity index (χ1n) is 7.71. The average molecular weight is 316 g/mol. The highest BCUT2D eigenvalue weighted by Crippen LogP contribution is 2.38. The van der Waals surface area contributed by atoms with Gasteiger partial charge < -0.3 is 23.7 Å². The average Bonchev–Trinajstić information content (AvgIpc) is 3.02. The van der Waals surface area contributed by atoms with E-state index in [0.29, 0.717) is 6.42 Å². The van der Waals surface area contributed by atoms with Crippen LogP contribution in [0.25, 0.3) is 0 Å². The molecule has 3 atom stereocenters. The van der Waals surface area contributed by atoms with E-state index in [1.165, 1.54) is 7.11 Å². The summed E-state index contributed by atoms with van der Waals surface area (Å²) in [5, 5.41) is 0. The minimum Gasteiger partial charge on any atom is -0.462 e. The molecule has 22 heavy (non-hydrogen) atoms. The van der Waals surface area contributed by atoms with E-state index in [1.54, 1.807) is 0 Å². The van der Waals surface area contributed by atoms with Crippen LogP contribution >= 0.6 is 0 Å². The van der Waals surface area contributed by atoms with Crippen molar-refractivity contribution >= 4 is 11.9 Å². The van der Waals surface area contributed by atoms with Gasteiger partial charge in [0.1, 0.15) is 19.5 Å². The number of ether oxygens (including phenoxy) is 5. The lowest BCUT2D eigenvalue weighted by atomic mass is 9.94. The number of hydrogen-bond acceptors (Lipinski definition) is 7. The number of carbonyl (C=O) groups excluding carboxylic acids is 2. The van der Waals surface area contributed by atoms with Crippen LogP contribution < -0.4 is 0 Å². The quantitative estimate of drug-likeness (QED) is 0.378. The summed E-state index contributed by atoms with van der Waals surface area (Å²) in [5.41, 5.74) is -0.921. The molecule has 0 aromatic rings. The van der Waals surface area contributed by atoms with Crippen molar-refractivity contribution in [2.45, 2.75) is 56.8 Å². The van der Waals surface area contributed by atoms with Gasteiger partial charge in [-0.25, -0.2) is 0 Å². The molecule has 0 N–H and O–H groups in total. The van der Waals surface area contributed by atoms with Gasteiger partial charge in [-0.05, 0) is 6.42 Å². The highest BCUT2D eigenvalue weighted by molar-refractivity contribution is 5.74. The molecular formula is C15H24O7. The van der Waals surface area contributed by atoms with E-state index < -0.39 is 17.8 Å². The van der Waals surface area contributed by atoms with Crippen molar-refractivity contribution in [3.63, 3.8) is 0 Å². The van der Waals surface area contributed by atoms with Crippen LogP contribution in [0, 0.1) is 0 Å². The fraction of sp³-hybridized carbons (Fsp3) is 0.867. The van der Waals surface area contributed by atoms with E-state index in [9.17, 15) is 9.59 Å². The van der Waals surface area contributed by atoms with E-state index in [-0.39, 0.29) is 38.4 Å². The fourth-order valence-corrected chi connectivity index (χ4v) is 2.77. The molecule has 0 radical (unpaired) electrons. The number of unbranched alkanes of at least 4 members (excludes halogenated alkanes) is 2. The van der Waals surface area contributed by atoms with Gasteiger partial charge in [-0.15, -0.1) is 0 Å². The van der Waals surface area contributed by atoms with Crippen LogP contribution in [-0.2, 0) is 33.3 Å². The SMILES string of the molecule is CCCCCC(=O)O[C@H]1[C@H](OCOC)CO[C@]12COC(=O)C2. The maximum Gasteiger partial charge on any atom is 0.309 e. The summed E-state index contributed by atoms with van der Waals surface area (Å²) in [5.74, 6) is -0.645. The van der Waals surface area contributed by atoms with Gasteiger partial charge in [0.15, 0.2) is 11.7 Å². The predicted octanol–water partition coefficient (Wildman–Crippen LogP) is 1.18. The fourth-order valence-electron chi connectivity index (χ4n) is 2.77. The molecule has 2 heterocycles. The third-order valence-electron chi connectivity index (χ3n) is 3.96. The highest BCUT2D eigenvalue weighted by Gasteiger charge is 2.58. The number of esters is 2. The predicted molar refractivity (Wildman–Crippen MR) is 75.0 cm³/mol. The topological polar surface area (TPSA) is 80.3 Å². The largest absolute Gasteiger partial charge is 0.462 e. The van der Waals surface area contributed by atoms with Gasteiger partial charge >= 0.3 is 11.9 Å². The molecule has 2 fully saturated rings. The lowest BCUT2D eigenvalue weighted by Crippen LogP contribution is -2.47. The Balaban J connectivity index is 1.99. The zero-order valence-corrected chi connectivity index (χ0v) is 13.2. The van der Waals surface area contributed by atoms with Crippen LogP contribution in [0.2, 0.25) is 0 Å². The normalized spacial score (nSPS) is 30.7. The minimum absolute atomic E-state index is 0.0722. The molecule has 2 saturated heterocycles. The van der Waals surface area contributed by atoms with Gasteiger partial charge in [-0.3, -0.25) is 9.59 Å². The second-order valence-corrected chi connectivity index (χ2v) is 5.69. The van der Waals surface area contributed by atoms with Gasteiger partial charge in [0.2, 0.25) is 0 Å². The minimum atomic E-state index is -0.921. The molecule has 0 aromatic heterocycles. The monoisotopic (exact) mass is 316 g/mol. The molecule has 7 heteroatoms. The summed E-state index contributed by atoms with van der Waals surface area (Å²) < 4.78 is 26.7. The first kappa shape index (κ1) is 17.2. The van der Waals surface area contributed by atoms with E-state index in [4.69, 9.17) is 23.7 Å². The van der Waals surface area contributed by atoms with Crippen LogP contribution in [0.3, 0.4) is 0 Å². The molecule has 0 aliphatic carbocycles. The standard InChI is InChI=1S/C15H24O7/c1-3-4-5-6-12(16)22-14-11(20-10-18-2)8-21-15(14)7-13(17)19-9-15/h11,14H,3-10H2,1-2H3/t11-,14+,15-/m1/s1. The number of methoxy groups -OCH3 is 1. The molecule has 0 amide bonds. The van der Waals surface area contributed by atoms with Crippen molar-refractivity contribution in [1.82, 2.24) is 0 Å². The molecule has 2 aliphatic rings. The first-order valence-corrected chi connectivity index (χ1v) is 7.71. The van der Waals surface area contributed by atoms with Crippen LogP contribution in [0.4, 0.5) is 0 Å². The molecule has 126 valence electrons. The van der Waals surface area contributed by atoms with Gasteiger partial charge in [0, 0.05) is 13.5 Å². The zero-order chi connectivity index (χ0) is 16.0. The van der Waals surface area contributed by atoms with Gasteiger partial charge in [-0.2, -0.15) is 0 Å². The second-order valence-electron chi connectivity index (χ2n) is 5.69. The lowest BCUT2D eigenvalue weighted by Gasteiger charge is -2.28. The first-order chi connectivity index (χ1) is 10.6. The Morgan fingerprint density at radius 2 is 2.23 bits per heavy atom. The zero-order valence-electron chi connectivity index (χ0n) is 13.2. The van der Waals surface area contributed by atoms with Crippen LogP contribution in [-0.4, -0.2) is 56.9 Å². The summed E-state index contributed by atoms with van der Waals surface area (Å²) in [4.78, 5) is 23.5. The number of carbonyl (C=O) groups is 2. The number of cyclic esters (lactones) is 1. The van der Waals surface area contributed by atoms with Crippen molar-refractivity contribution in [2.24, 2.45) is 0 Å². The summed E-state index contributed by atoms with van der Waals surface area (Å²) >= 11 is 0. The van der Waals surface area contributed by atoms with E-state index in [2.05, 4.69) is 6.92 Å². The van der Waals surface area contributed by atoms with Crippen LogP contribution in [0.5, 0.6) is 0 Å². The molecule has 2 rings (SSSR count). The summed E-state index contributed by atoms with van der Waals surface area (Å²) in [6.45, 7) is 2.47. The van der Waals surface area contributed by atoms with Crippen molar-refractivity contribution in [3.05, 3.63) is 0 Å². The number of hydrogen-bond donors (Lipinski definition) is 0. The molecule has 0 aromatic carbocycles. The van der Waals surface area contributed by atoms with Crippen molar-refractivity contribution in [1.29, 1.82) is 0 Å². The summed E-state index contributed by atoms with van der Waals surface area (Å²) in [6.07, 6.45) is 2.12. The van der Waals surface area contributed by atoms with Crippen LogP contribution in [0.15, 0.2) is 0 Å². The Hall–Kier alpha value is -1.18. The maximum atomic E-state index is 12.0. The molecule has 0 unspecified atom stereocenters. The van der Waals surface area contributed by atoms with Gasteiger partial charge in [-0.1, -0.05) is 19.8 Å². The maximum absolute atomic E-state index is 12.0. The molecule has 0 bridgehead atoms. The smallest absolute Gasteiger partial charge is 0.309 e. The third-order valence-corrected chi connectivity index (χ3v) is 3.96. The van der Waals surface area contributed by atoms with E-state index in [1.807, 2.05) is 0 Å². The molecule has 0 saturated carbocycles. The Labute approximate surface area is 130 Å². The lowest BCUT2D eigenvalue weighted by molar-refractivity contribution is -0.170. The van der Waals surface area contributed by atoms with Crippen molar-refractivity contribution < 1.29 is 33.3 Å². The van der Waals surface area contributed by atoms with Crippen LogP contribution in [0.1, 0.15) is 39.0 Å². The Bertz CT molecular complexity index is 397. The molecule has 7 nitrogen and oxygen atoms in total. The number of rotatable bonds is 8. The Morgan fingerprint density at radius 3 is 2.86 bits per heavy atom. The van der Waals surface area contributed by atoms with Gasteiger partial charge in [0.05, 0.1) is 13.0 Å². The molecule has 2 aliphatic heterocycles. The highest BCUT2D eigenvalue weighted by atomic mass is 16.7. The molecular weight excluding hydrogens is 292 g/mol. The second kappa shape index (κ2) is 7.89. The van der Waals surface area contributed by atoms with Gasteiger partial charge in [0.25, 0.3) is 0 Å². The van der Waals surface area contributed by atoms with Crippen molar-refractivity contribution in [2.75, 3.05) is 27.1 Å². The Kier molecular flexibility index (Phi) is 6.16. The summed E-state index contributed by atoms with van der Waals surface area (Å²) in [7, 11) is 1.51. The summed E-state index contributed by atoms with van der Waals surface area (Å²) in [6, 6.07) is 0.